The van der Waals surface area contributed by atoms with E-state index in [1.54, 1.807) is 16.8 Å². The minimum Gasteiger partial charge on any atom is -0.493 e. The maximum Gasteiger partial charge on any atom is 0.258 e. The molecule has 0 fully saturated rings. The van der Waals surface area contributed by atoms with Gasteiger partial charge in [0, 0.05) is 24.2 Å². The van der Waals surface area contributed by atoms with Gasteiger partial charge in [-0.3, -0.25) is 4.79 Å². The third-order valence-electron chi connectivity index (χ3n) is 3.55. The molecule has 21 heavy (non-hydrogen) atoms. The van der Waals surface area contributed by atoms with Crippen LogP contribution in [-0.2, 0) is 0 Å². The minimum absolute atomic E-state index is 0.0824. The van der Waals surface area contributed by atoms with Gasteiger partial charge in [0.15, 0.2) is 11.5 Å². The summed E-state index contributed by atoms with van der Waals surface area (Å²) in [6, 6.07) is 3.41. The summed E-state index contributed by atoms with van der Waals surface area (Å²) in [5, 5.41) is 1.19. The van der Waals surface area contributed by atoms with Crippen LogP contribution >= 0.6 is 0 Å². The Morgan fingerprint density at radius 3 is 2.33 bits per heavy atom. The van der Waals surface area contributed by atoms with E-state index in [4.69, 9.17) is 19.9 Å². The first-order chi connectivity index (χ1) is 10.1. The Bertz CT molecular complexity index is 709. The van der Waals surface area contributed by atoms with Crippen molar-refractivity contribution in [1.29, 1.82) is 0 Å². The Hall–Kier alpha value is -2.21. The summed E-state index contributed by atoms with van der Waals surface area (Å²) in [5.74, 6) is 1.41. The Morgan fingerprint density at radius 1 is 1.14 bits per heavy atom. The molecular formula is C15H20N2O4. The lowest BCUT2D eigenvalue weighted by atomic mass is 10.1. The fraction of sp³-hybridized carbons (Fsp3) is 0.400. The van der Waals surface area contributed by atoms with Gasteiger partial charge >= 0.3 is 0 Å². The highest BCUT2D eigenvalue weighted by Crippen LogP contribution is 2.42. The number of benzene rings is 1. The minimum atomic E-state index is -0.135. The summed E-state index contributed by atoms with van der Waals surface area (Å²) in [6.45, 7) is 2.28. The van der Waals surface area contributed by atoms with Crippen LogP contribution in [0.2, 0.25) is 0 Å². The Labute approximate surface area is 123 Å². The first-order valence-electron chi connectivity index (χ1n) is 6.62. The molecule has 0 radical (unpaired) electrons. The molecule has 1 aromatic carbocycles. The number of ether oxygens (including phenoxy) is 3. The molecule has 0 spiro atoms. The monoisotopic (exact) mass is 292 g/mol. The van der Waals surface area contributed by atoms with Crippen molar-refractivity contribution >= 4 is 10.8 Å². The van der Waals surface area contributed by atoms with Gasteiger partial charge in [-0.1, -0.05) is 0 Å². The van der Waals surface area contributed by atoms with E-state index in [1.807, 2.05) is 13.0 Å². The molecule has 0 saturated carbocycles. The number of nitrogens with zero attached hydrogens (tertiary/aromatic N) is 1. The fourth-order valence-corrected chi connectivity index (χ4v) is 2.34. The van der Waals surface area contributed by atoms with Gasteiger partial charge in [-0.15, -0.1) is 0 Å². The SMILES string of the molecule is COc1cc2c(=O)n(C(C)CN)ccc2c(OC)c1OC. The van der Waals surface area contributed by atoms with E-state index in [2.05, 4.69) is 0 Å². The average molecular weight is 292 g/mol. The number of aromatic nitrogens is 1. The molecule has 0 aliphatic rings. The van der Waals surface area contributed by atoms with Gasteiger partial charge in [0.1, 0.15) is 0 Å². The van der Waals surface area contributed by atoms with Crippen LogP contribution < -0.4 is 25.5 Å². The highest BCUT2D eigenvalue weighted by molar-refractivity contribution is 5.92. The van der Waals surface area contributed by atoms with E-state index in [9.17, 15) is 4.79 Å². The number of pyridine rings is 1. The molecule has 1 atom stereocenters. The second kappa shape index (κ2) is 6.05. The molecule has 1 aromatic heterocycles. The van der Waals surface area contributed by atoms with Gasteiger partial charge in [0.05, 0.1) is 26.7 Å². The molecule has 0 aliphatic heterocycles. The van der Waals surface area contributed by atoms with Crippen LogP contribution in [0.1, 0.15) is 13.0 Å². The molecule has 2 rings (SSSR count). The first-order valence-corrected chi connectivity index (χ1v) is 6.62. The van der Waals surface area contributed by atoms with Gasteiger partial charge in [0.25, 0.3) is 5.56 Å². The van der Waals surface area contributed by atoms with Gasteiger partial charge in [0.2, 0.25) is 5.75 Å². The summed E-state index contributed by atoms with van der Waals surface area (Å²) < 4.78 is 17.6. The summed E-state index contributed by atoms with van der Waals surface area (Å²) in [5.41, 5.74) is 5.51. The van der Waals surface area contributed by atoms with Crippen molar-refractivity contribution in [3.8, 4) is 17.2 Å². The Kier molecular flexibility index (Phi) is 4.37. The predicted octanol–water partition coefficient (Wildman–Crippen LogP) is 1.55. The fourth-order valence-electron chi connectivity index (χ4n) is 2.34. The highest BCUT2D eigenvalue weighted by Gasteiger charge is 2.19. The first kappa shape index (κ1) is 15.2. The molecule has 114 valence electrons. The summed E-state index contributed by atoms with van der Waals surface area (Å²) in [4.78, 5) is 12.6. The average Bonchev–Trinajstić information content (AvgIpc) is 2.52. The number of nitrogens with two attached hydrogens (primary N) is 1. The van der Waals surface area contributed by atoms with Crippen LogP contribution in [0.25, 0.3) is 10.8 Å². The largest absolute Gasteiger partial charge is 0.493 e. The van der Waals surface area contributed by atoms with Crippen molar-refractivity contribution in [2.45, 2.75) is 13.0 Å². The molecular weight excluding hydrogens is 272 g/mol. The van der Waals surface area contributed by atoms with Crippen LogP contribution in [0.3, 0.4) is 0 Å². The van der Waals surface area contributed by atoms with E-state index in [-0.39, 0.29) is 11.6 Å². The van der Waals surface area contributed by atoms with Crippen molar-refractivity contribution < 1.29 is 14.2 Å². The van der Waals surface area contributed by atoms with Crippen LogP contribution in [-0.4, -0.2) is 32.4 Å². The second-order valence-corrected chi connectivity index (χ2v) is 4.72. The maximum absolute atomic E-state index is 12.6. The molecule has 0 saturated heterocycles. The molecule has 0 bridgehead atoms. The normalized spacial score (nSPS) is 12.2. The van der Waals surface area contributed by atoms with Crippen LogP contribution in [0.4, 0.5) is 0 Å². The highest BCUT2D eigenvalue weighted by atomic mass is 16.5. The number of fused-ring (bicyclic) bond motifs is 1. The quantitative estimate of drug-likeness (QED) is 0.905. The zero-order valence-corrected chi connectivity index (χ0v) is 12.7. The Morgan fingerprint density at radius 2 is 1.81 bits per heavy atom. The third kappa shape index (κ3) is 2.42. The number of hydrogen-bond acceptors (Lipinski definition) is 5. The van der Waals surface area contributed by atoms with E-state index in [0.717, 1.165) is 0 Å². The molecule has 2 aromatic rings. The van der Waals surface area contributed by atoms with E-state index >= 15 is 0 Å². The van der Waals surface area contributed by atoms with E-state index < -0.39 is 0 Å². The summed E-state index contributed by atoms with van der Waals surface area (Å²) >= 11 is 0. The lowest BCUT2D eigenvalue weighted by molar-refractivity contribution is 0.327. The van der Waals surface area contributed by atoms with Crippen LogP contribution in [0, 0.1) is 0 Å². The molecule has 6 heteroatoms. The van der Waals surface area contributed by atoms with Crippen molar-refractivity contribution in [1.82, 2.24) is 4.57 Å². The van der Waals surface area contributed by atoms with Crippen LogP contribution in [0.5, 0.6) is 17.2 Å². The summed E-state index contributed by atoms with van der Waals surface area (Å²) in [6.07, 6.45) is 1.72. The van der Waals surface area contributed by atoms with Crippen molar-refractivity contribution in [2.24, 2.45) is 5.73 Å². The number of rotatable bonds is 5. The topological polar surface area (TPSA) is 75.7 Å². The van der Waals surface area contributed by atoms with Crippen molar-refractivity contribution in [3.63, 3.8) is 0 Å². The van der Waals surface area contributed by atoms with E-state index in [1.165, 1.54) is 21.3 Å². The molecule has 0 aliphatic carbocycles. The molecule has 2 N–H and O–H groups in total. The lowest BCUT2D eigenvalue weighted by Gasteiger charge is -2.17. The predicted molar refractivity (Wildman–Crippen MR) is 81.6 cm³/mol. The van der Waals surface area contributed by atoms with E-state index in [0.29, 0.717) is 34.6 Å². The second-order valence-electron chi connectivity index (χ2n) is 4.72. The number of hydrogen-bond donors (Lipinski definition) is 1. The zero-order chi connectivity index (χ0) is 15.6. The van der Waals surface area contributed by atoms with Crippen molar-refractivity contribution in [3.05, 3.63) is 28.7 Å². The maximum atomic E-state index is 12.6. The number of methoxy groups -OCH3 is 3. The zero-order valence-electron chi connectivity index (χ0n) is 12.7. The van der Waals surface area contributed by atoms with Crippen LogP contribution in [0.15, 0.2) is 23.1 Å². The lowest BCUT2D eigenvalue weighted by Crippen LogP contribution is -2.27. The molecule has 1 heterocycles. The Balaban J connectivity index is 2.86. The molecule has 0 amide bonds. The molecule has 1 unspecified atom stereocenters. The van der Waals surface area contributed by atoms with Gasteiger partial charge < -0.3 is 24.5 Å². The molecule has 6 nitrogen and oxygen atoms in total. The standard InChI is InChI=1S/C15H20N2O4/c1-9(8-16)17-6-5-10-11(15(17)18)7-12(19-2)14(21-4)13(10)20-3/h5-7,9H,8,16H2,1-4H3. The van der Waals surface area contributed by atoms with Gasteiger partial charge in [-0.2, -0.15) is 0 Å². The van der Waals surface area contributed by atoms with Gasteiger partial charge in [-0.05, 0) is 19.1 Å². The third-order valence-corrected chi connectivity index (χ3v) is 3.55. The van der Waals surface area contributed by atoms with Gasteiger partial charge in [-0.25, -0.2) is 0 Å². The smallest absolute Gasteiger partial charge is 0.258 e. The summed E-state index contributed by atoms with van der Waals surface area (Å²) in [7, 11) is 4.59. The van der Waals surface area contributed by atoms with Crippen molar-refractivity contribution in [2.75, 3.05) is 27.9 Å².